The number of hydrogen-bond acceptors (Lipinski definition) is 6. The van der Waals surface area contributed by atoms with Crippen molar-refractivity contribution in [1.82, 2.24) is 24.4 Å². The van der Waals surface area contributed by atoms with Gasteiger partial charge in [0.25, 0.3) is 0 Å². The van der Waals surface area contributed by atoms with Gasteiger partial charge in [0.15, 0.2) is 0 Å². The molecule has 0 saturated carbocycles. The molecule has 1 N–H and O–H groups in total. The highest BCUT2D eigenvalue weighted by Crippen LogP contribution is 2.31. The number of rotatable bonds is 5. The van der Waals surface area contributed by atoms with Crippen LogP contribution in [-0.4, -0.2) is 64.6 Å². The lowest BCUT2D eigenvalue weighted by Gasteiger charge is -2.37. The van der Waals surface area contributed by atoms with Crippen molar-refractivity contribution in [3.05, 3.63) is 72.4 Å². The molecular weight excluding hydrogens is 416 g/mol. The zero-order valence-electron chi connectivity index (χ0n) is 18.9. The average Bonchev–Trinajstić information content (AvgIpc) is 3.25. The number of methoxy groups -OCH3 is 1. The maximum atomic E-state index is 12.8. The van der Waals surface area contributed by atoms with Crippen molar-refractivity contribution in [2.75, 3.05) is 39.6 Å². The Labute approximate surface area is 192 Å². The number of piperazine rings is 1. The largest absolute Gasteiger partial charge is 0.496 e. The Morgan fingerprint density at radius 1 is 1.03 bits per heavy atom. The topological polar surface area (TPSA) is 75.0 Å². The second-order valence-electron chi connectivity index (χ2n) is 8.23. The minimum Gasteiger partial charge on any atom is -0.496 e. The molecule has 1 atom stereocenters. The zero-order chi connectivity index (χ0) is 22.9. The van der Waals surface area contributed by atoms with Crippen LogP contribution in [-0.2, 0) is 4.79 Å². The molecule has 1 amide bonds. The van der Waals surface area contributed by atoms with Gasteiger partial charge >= 0.3 is 0 Å². The normalized spacial score (nSPS) is 16.9. The standard InChI is InChI=1S/C25H26N6O2/c1-29-13-14-30(2)24(32)23(29)17-7-6-8-18(15-17)27-25-26-16-19-11-12-21(31(19)28-25)20-9-4-5-10-22(20)33-3/h4-12,15-16,23H,13-14H2,1-3H3,(H,27,28). The van der Waals surface area contributed by atoms with Gasteiger partial charge in [0.2, 0.25) is 11.9 Å². The smallest absolute Gasteiger partial charge is 0.245 e. The van der Waals surface area contributed by atoms with Crippen molar-refractivity contribution in [1.29, 1.82) is 0 Å². The lowest BCUT2D eigenvalue weighted by Crippen LogP contribution is -2.48. The van der Waals surface area contributed by atoms with E-state index in [1.165, 1.54) is 0 Å². The molecule has 1 unspecified atom stereocenters. The van der Waals surface area contributed by atoms with Crippen LogP contribution in [0.3, 0.4) is 0 Å². The molecule has 0 aliphatic carbocycles. The number of amides is 1. The van der Waals surface area contributed by atoms with Crippen molar-refractivity contribution < 1.29 is 9.53 Å². The molecule has 1 saturated heterocycles. The molecular formula is C25H26N6O2. The summed E-state index contributed by atoms with van der Waals surface area (Å²) in [5.74, 6) is 1.35. The number of anilines is 2. The number of nitrogens with zero attached hydrogens (tertiary/aromatic N) is 5. The number of likely N-dealkylation sites (N-methyl/N-ethyl adjacent to an activating group) is 2. The summed E-state index contributed by atoms with van der Waals surface area (Å²) in [6, 6.07) is 19.4. The number of aromatic nitrogens is 3. The highest BCUT2D eigenvalue weighted by molar-refractivity contribution is 5.84. The third-order valence-corrected chi connectivity index (χ3v) is 6.08. The van der Waals surface area contributed by atoms with E-state index >= 15 is 0 Å². The number of ether oxygens (including phenoxy) is 1. The predicted molar refractivity (Wildman–Crippen MR) is 128 cm³/mol. The van der Waals surface area contributed by atoms with E-state index in [9.17, 15) is 4.79 Å². The van der Waals surface area contributed by atoms with Crippen LogP contribution >= 0.6 is 0 Å². The van der Waals surface area contributed by atoms with Gasteiger partial charge in [0.1, 0.15) is 11.8 Å². The Hall–Kier alpha value is -3.91. The maximum Gasteiger partial charge on any atom is 0.245 e. The van der Waals surface area contributed by atoms with Crippen LogP contribution in [0, 0.1) is 0 Å². The van der Waals surface area contributed by atoms with Gasteiger partial charge in [-0.1, -0.05) is 24.3 Å². The number of hydrogen-bond donors (Lipinski definition) is 1. The third kappa shape index (κ3) is 3.89. The van der Waals surface area contributed by atoms with Gasteiger partial charge in [-0.2, -0.15) is 0 Å². The van der Waals surface area contributed by atoms with Gasteiger partial charge in [0.05, 0.1) is 24.5 Å². The number of benzene rings is 2. The van der Waals surface area contributed by atoms with Crippen LogP contribution in [0.1, 0.15) is 11.6 Å². The van der Waals surface area contributed by atoms with Gasteiger partial charge in [-0.25, -0.2) is 9.50 Å². The molecule has 168 valence electrons. The molecule has 8 nitrogen and oxygen atoms in total. The predicted octanol–water partition coefficient (Wildman–Crippen LogP) is 3.59. The van der Waals surface area contributed by atoms with Gasteiger partial charge in [0, 0.05) is 31.4 Å². The van der Waals surface area contributed by atoms with Crippen LogP contribution in [0.4, 0.5) is 11.6 Å². The first kappa shape index (κ1) is 21.0. The van der Waals surface area contributed by atoms with Crippen LogP contribution in [0.15, 0.2) is 66.9 Å². The first-order valence-electron chi connectivity index (χ1n) is 10.9. The SMILES string of the molecule is COc1ccccc1-c1ccc2cnc(Nc3cccc(C4C(=O)N(C)CCN4C)c3)nn12. The third-order valence-electron chi connectivity index (χ3n) is 6.08. The Morgan fingerprint density at radius 2 is 1.88 bits per heavy atom. The Balaban J connectivity index is 1.47. The molecule has 2 aromatic carbocycles. The number of para-hydroxylation sites is 1. The van der Waals surface area contributed by atoms with E-state index < -0.39 is 0 Å². The second-order valence-corrected chi connectivity index (χ2v) is 8.23. The van der Waals surface area contributed by atoms with Gasteiger partial charge in [-0.15, -0.1) is 5.10 Å². The molecule has 5 rings (SSSR count). The van der Waals surface area contributed by atoms with Crippen molar-refractivity contribution in [2.45, 2.75) is 6.04 Å². The number of carbonyl (C=O) groups excluding carboxylic acids is 1. The van der Waals surface area contributed by atoms with E-state index in [0.29, 0.717) is 5.95 Å². The molecule has 1 fully saturated rings. The highest BCUT2D eigenvalue weighted by Gasteiger charge is 2.32. The summed E-state index contributed by atoms with van der Waals surface area (Å²) in [6.07, 6.45) is 1.78. The minimum absolute atomic E-state index is 0.104. The zero-order valence-corrected chi connectivity index (χ0v) is 18.9. The fraction of sp³-hybridized carbons (Fsp3) is 0.240. The summed E-state index contributed by atoms with van der Waals surface area (Å²) >= 11 is 0. The summed E-state index contributed by atoms with van der Waals surface area (Å²) in [5, 5.41) is 8.02. The maximum absolute atomic E-state index is 12.8. The van der Waals surface area contributed by atoms with E-state index in [1.807, 2.05) is 79.3 Å². The highest BCUT2D eigenvalue weighted by atomic mass is 16.5. The molecule has 1 aliphatic rings. The lowest BCUT2D eigenvalue weighted by atomic mass is 10.0. The first-order valence-corrected chi connectivity index (χ1v) is 10.9. The fourth-order valence-corrected chi connectivity index (χ4v) is 4.28. The van der Waals surface area contributed by atoms with Gasteiger partial charge in [-0.3, -0.25) is 9.69 Å². The van der Waals surface area contributed by atoms with E-state index in [-0.39, 0.29) is 11.9 Å². The molecule has 0 spiro atoms. The monoisotopic (exact) mass is 442 g/mol. The molecule has 8 heteroatoms. The summed E-state index contributed by atoms with van der Waals surface area (Å²) in [7, 11) is 5.50. The van der Waals surface area contributed by atoms with Crippen molar-refractivity contribution >= 4 is 23.1 Å². The van der Waals surface area contributed by atoms with E-state index in [0.717, 1.165) is 46.9 Å². The fourth-order valence-electron chi connectivity index (χ4n) is 4.28. The van der Waals surface area contributed by atoms with E-state index in [1.54, 1.807) is 18.2 Å². The molecule has 3 heterocycles. The van der Waals surface area contributed by atoms with Crippen LogP contribution < -0.4 is 10.1 Å². The minimum atomic E-state index is -0.296. The van der Waals surface area contributed by atoms with Crippen molar-refractivity contribution in [3.63, 3.8) is 0 Å². The Kier molecular flexibility index (Phi) is 5.43. The quantitative estimate of drug-likeness (QED) is 0.509. The molecule has 1 aliphatic heterocycles. The Morgan fingerprint density at radius 3 is 2.73 bits per heavy atom. The van der Waals surface area contributed by atoms with E-state index in [4.69, 9.17) is 9.84 Å². The average molecular weight is 443 g/mol. The number of nitrogens with one attached hydrogen (secondary N) is 1. The second kappa shape index (κ2) is 8.55. The van der Waals surface area contributed by atoms with Crippen molar-refractivity contribution in [3.8, 4) is 17.0 Å². The number of fused-ring (bicyclic) bond motifs is 1. The Bertz CT molecular complexity index is 1320. The molecule has 4 aromatic rings. The summed E-state index contributed by atoms with van der Waals surface area (Å²) < 4.78 is 7.38. The van der Waals surface area contributed by atoms with Crippen LogP contribution in [0.2, 0.25) is 0 Å². The van der Waals surface area contributed by atoms with Gasteiger partial charge in [-0.05, 0) is 49.0 Å². The summed E-state index contributed by atoms with van der Waals surface area (Å²) in [4.78, 5) is 21.1. The van der Waals surface area contributed by atoms with Crippen molar-refractivity contribution in [2.24, 2.45) is 0 Å². The summed E-state index contributed by atoms with van der Waals surface area (Å²) in [5.41, 5.74) is 4.52. The summed E-state index contributed by atoms with van der Waals surface area (Å²) in [6.45, 7) is 1.58. The molecule has 0 radical (unpaired) electrons. The van der Waals surface area contributed by atoms with E-state index in [2.05, 4.69) is 15.2 Å². The van der Waals surface area contributed by atoms with Crippen LogP contribution in [0.25, 0.3) is 16.8 Å². The first-order chi connectivity index (χ1) is 16.0. The molecule has 33 heavy (non-hydrogen) atoms. The molecule has 2 aromatic heterocycles. The number of carbonyl (C=O) groups is 1. The lowest BCUT2D eigenvalue weighted by molar-refractivity contribution is -0.139. The van der Waals surface area contributed by atoms with Crippen LogP contribution in [0.5, 0.6) is 5.75 Å². The molecule has 0 bridgehead atoms. The van der Waals surface area contributed by atoms with Gasteiger partial charge < -0.3 is 15.0 Å².